The van der Waals surface area contributed by atoms with Gasteiger partial charge in [0.15, 0.2) is 11.3 Å². The van der Waals surface area contributed by atoms with Crippen LogP contribution in [-0.4, -0.2) is 15.8 Å². The molecule has 0 aliphatic heterocycles. The van der Waals surface area contributed by atoms with Crippen molar-refractivity contribution in [1.82, 2.24) is 4.98 Å². The fourth-order valence-electron chi connectivity index (χ4n) is 3.94. The molecule has 0 bridgehead atoms. The summed E-state index contributed by atoms with van der Waals surface area (Å²) in [5, 5.41) is 14.2. The molecule has 0 spiro atoms. The summed E-state index contributed by atoms with van der Waals surface area (Å²) in [4.78, 5) is 28.3. The maximum absolute atomic E-state index is 12.8. The lowest BCUT2D eigenvalue weighted by atomic mass is 10.0. The van der Waals surface area contributed by atoms with Gasteiger partial charge in [-0.1, -0.05) is 32.0 Å². The van der Waals surface area contributed by atoms with Crippen LogP contribution in [0, 0.1) is 17.0 Å². The van der Waals surface area contributed by atoms with Gasteiger partial charge >= 0.3 is 0 Å². The molecule has 1 N–H and O–H groups in total. The molecule has 0 unspecified atom stereocenters. The number of anilines is 1. The Bertz CT molecular complexity index is 1600. The lowest BCUT2D eigenvalue weighted by molar-refractivity contribution is -0.384. The van der Waals surface area contributed by atoms with Crippen molar-refractivity contribution in [2.45, 2.75) is 26.7 Å². The van der Waals surface area contributed by atoms with Gasteiger partial charge in [-0.15, -0.1) is 0 Å². The van der Waals surface area contributed by atoms with Gasteiger partial charge < -0.3 is 14.2 Å². The minimum Gasteiger partial charge on any atom is -0.451 e. The maximum Gasteiger partial charge on any atom is 0.291 e. The van der Waals surface area contributed by atoms with Crippen molar-refractivity contribution in [3.8, 4) is 22.8 Å². The van der Waals surface area contributed by atoms with Crippen molar-refractivity contribution < 1.29 is 18.6 Å². The first-order valence-electron chi connectivity index (χ1n) is 11.5. The molecule has 3 aromatic carbocycles. The first kappa shape index (κ1) is 23.0. The van der Waals surface area contributed by atoms with E-state index in [4.69, 9.17) is 8.83 Å². The first-order valence-corrected chi connectivity index (χ1v) is 11.5. The maximum atomic E-state index is 12.8. The van der Waals surface area contributed by atoms with E-state index in [-0.39, 0.29) is 17.2 Å². The van der Waals surface area contributed by atoms with E-state index >= 15 is 0 Å². The number of hydrogen-bond acceptors (Lipinski definition) is 6. The van der Waals surface area contributed by atoms with Gasteiger partial charge in [0, 0.05) is 17.3 Å². The van der Waals surface area contributed by atoms with Crippen LogP contribution in [-0.2, 0) is 0 Å². The Morgan fingerprint density at radius 1 is 0.972 bits per heavy atom. The molecule has 8 heteroatoms. The predicted octanol–water partition coefficient (Wildman–Crippen LogP) is 7.35. The number of carbonyl (C=O) groups excluding carboxylic acids is 1. The molecule has 5 rings (SSSR count). The zero-order valence-electron chi connectivity index (χ0n) is 19.9. The molecule has 0 fully saturated rings. The van der Waals surface area contributed by atoms with Crippen LogP contribution in [0.5, 0.6) is 0 Å². The molecule has 36 heavy (non-hydrogen) atoms. The molecule has 0 saturated heterocycles. The molecule has 0 aliphatic carbocycles. The van der Waals surface area contributed by atoms with E-state index < -0.39 is 10.8 Å². The summed E-state index contributed by atoms with van der Waals surface area (Å²) in [7, 11) is 0. The second kappa shape index (κ2) is 9.14. The summed E-state index contributed by atoms with van der Waals surface area (Å²) in [6.07, 6.45) is 0. The molecule has 5 aromatic rings. The fraction of sp³-hybridized carbons (Fsp3) is 0.143. The molecular formula is C28H23N3O5. The van der Waals surface area contributed by atoms with Crippen LogP contribution in [0.1, 0.15) is 41.4 Å². The second-order valence-corrected chi connectivity index (χ2v) is 8.87. The number of nitro groups is 1. The van der Waals surface area contributed by atoms with Gasteiger partial charge in [0.05, 0.1) is 10.5 Å². The van der Waals surface area contributed by atoms with Gasteiger partial charge in [-0.25, -0.2) is 4.98 Å². The van der Waals surface area contributed by atoms with E-state index in [9.17, 15) is 14.9 Å². The highest BCUT2D eigenvalue weighted by Crippen LogP contribution is 2.32. The van der Waals surface area contributed by atoms with Gasteiger partial charge in [0.2, 0.25) is 5.89 Å². The third-order valence-electron chi connectivity index (χ3n) is 5.91. The Morgan fingerprint density at radius 3 is 2.47 bits per heavy atom. The summed E-state index contributed by atoms with van der Waals surface area (Å²) in [5.41, 5.74) is 4.81. The van der Waals surface area contributed by atoms with Crippen molar-refractivity contribution in [2.75, 3.05) is 5.32 Å². The quantitative estimate of drug-likeness (QED) is 0.200. The number of hydrogen-bond donors (Lipinski definition) is 1. The van der Waals surface area contributed by atoms with Crippen LogP contribution in [0.15, 0.2) is 81.6 Å². The van der Waals surface area contributed by atoms with Gasteiger partial charge in [0.25, 0.3) is 11.6 Å². The van der Waals surface area contributed by atoms with Crippen LogP contribution in [0.2, 0.25) is 0 Å². The standard InChI is InChI=1S/C28H23N3O5/c1-16(2)18-5-7-19(8-6-18)28-30-22-15-20(9-11-25(22)36-28)29-27(32)26-13-12-24(35-26)21-10-4-17(3)14-23(21)31(33)34/h4-16H,1-3H3,(H,29,32). The second-order valence-electron chi connectivity index (χ2n) is 8.87. The van der Waals surface area contributed by atoms with Crippen LogP contribution in [0.3, 0.4) is 0 Å². The molecular weight excluding hydrogens is 458 g/mol. The summed E-state index contributed by atoms with van der Waals surface area (Å²) in [5.74, 6) is 0.728. The lowest BCUT2D eigenvalue weighted by Gasteiger charge is -2.04. The number of rotatable bonds is 6. The number of nitrogens with zero attached hydrogens (tertiary/aromatic N) is 2. The van der Waals surface area contributed by atoms with E-state index in [2.05, 4.69) is 36.3 Å². The number of carbonyl (C=O) groups is 1. The molecule has 2 aromatic heterocycles. The predicted molar refractivity (Wildman–Crippen MR) is 137 cm³/mol. The van der Waals surface area contributed by atoms with Crippen molar-refractivity contribution in [3.05, 3.63) is 99.8 Å². The largest absolute Gasteiger partial charge is 0.451 e. The zero-order chi connectivity index (χ0) is 25.4. The Balaban J connectivity index is 1.36. The minimum absolute atomic E-state index is 0.0334. The Hall–Kier alpha value is -4.72. The van der Waals surface area contributed by atoms with Crippen LogP contribution in [0.4, 0.5) is 11.4 Å². The number of oxazole rings is 1. The minimum atomic E-state index is -0.483. The summed E-state index contributed by atoms with van der Waals surface area (Å²) in [6, 6.07) is 21.1. The number of fused-ring (bicyclic) bond motifs is 1. The molecule has 0 aliphatic rings. The molecule has 0 saturated carbocycles. The first-order chi connectivity index (χ1) is 17.3. The van der Waals surface area contributed by atoms with E-state index in [0.717, 1.165) is 11.1 Å². The molecule has 0 atom stereocenters. The molecule has 0 radical (unpaired) electrons. The van der Waals surface area contributed by atoms with E-state index in [0.29, 0.717) is 34.2 Å². The number of aromatic nitrogens is 1. The van der Waals surface area contributed by atoms with E-state index in [1.165, 1.54) is 17.7 Å². The number of aryl methyl sites for hydroxylation is 1. The molecule has 2 heterocycles. The summed E-state index contributed by atoms with van der Waals surface area (Å²) in [6.45, 7) is 6.05. The van der Waals surface area contributed by atoms with Crippen molar-refractivity contribution in [2.24, 2.45) is 0 Å². The zero-order valence-corrected chi connectivity index (χ0v) is 19.9. The number of benzene rings is 3. The highest BCUT2D eigenvalue weighted by Gasteiger charge is 2.20. The summed E-state index contributed by atoms with van der Waals surface area (Å²) >= 11 is 0. The van der Waals surface area contributed by atoms with E-state index in [1.54, 1.807) is 43.3 Å². The lowest BCUT2D eigenvalue weighted by Crippen LogP contribution is -2.10. The van der Waals surface area contributed by atoms with Crippen molar-refractivity contribution in [1.29, 1.82) is 0 Å². The molecule has 8 nitrogen and oxygen atoms in total. The Kier molecular flexibility index (Phi) is 5.85. The average molecular weight is 482 g/mol. The van der Waals surface area contributed by atoms with Gasteiger partial charge in [-0.2, -0.15) is 0 Å². The summed E-state index contributed by atoms with van der Waals surface area (Å²) < 4.78 is 11.6. The SMILES string of the molecule is Cc1ccc(-c2ccc(C(=O)Nc3ccc4oc(-c5ccc(C(C)C)cc5)nc4c3)o2)c([N+](=O)[O-])c1. The van der Waals surface area contributed by atoms with Crippen LogP contribution >= 0.6 is 0 Å². The number of amides is 1. The molecule has 1 amide bonds. The monoisotopic (exact) mass is 481 g/mol. The Labute approximate surface area is 206 Å². The average Bonchev–Trinajstić information content (AvgIpc) is 3.51. The third-order valence-corrected chi connectivity index (χ3v) is 5.91. The van der Waals surface area contributed by atoms with Gasteiger partial charge in [-0.3, -0.25) is 14.9 Å². The van der Waals surface area contributed by atoms with Gasteiger partial charge in [-0.05, 0) is 72.5 Å². The fourth-order valence-corrected chi connectivity index (χ4v) is 3.94. The Morgan fingerprint density at radius 2 is 1.75 bits per heavy atom. The van der Waals surface area contributed by atoms with Crippen molar-refractivity contribution >= 4 is 28.4 Å². The van der Waals surface area contributed by atoms with Crippen molar-refractivity contribution in [3.63, 3.8) is 0 Å². The number of furan rings is 1. The van der Waals surface area contributed by atoms with Gasteiger partial charge in [0.1, 0.15) is 11.3 Å². The highest BCUT2D eigenvalue weighted by molar-refractivity contribution is 6.03. The number of nitro benzene ring substituents is 1. The topological polar surface area (TPSA) is 111 Å². The normalized spacial score (nSPS) is 11.2. The smallest absolute Gasteiger partial charge is 0.291 e. The van der Waals surface area contributed by atoms with Crippen LogP contribution < -0.4 is 5.32 Å². The van der Waals surface area contributed by atoms with E-state index in [1.807, 2.05) is 12.1 Å². The molecule has 180 valence electrons. The van der Waals surface area contributed by atoms with Crippen LogP contribution in [0.25, 0.3) is 33.9 Å². The number of nitrogens with one attached hydrogen (secondary N) is 1. The highest BCUT2D eigenvalue weighted by atomic mass is 16.6. The third kappa shape index (κ3) is 4.48.